The molecule has 9 spiro atoms. The van der Waals surface area contributed by atoms with E-state index in [4.69, 9.17) is 66.5 Å². The summed E-state index contributed by atoms with van der Waals surface area (Å²) in [5.74, 6) is -1.21. The Bertz CT molecular complexity index is 5100. The first kappa shape index (κ1) is 110. The Morgan fingerprint density at radius 1 is 0.481 bits per heavy atom. The Kier molecular flexibility index (Phi) is 38.2. The van der Waals surface area contributed by atoms with Crippen LogP contribution in [0.1, 0.15) is 190 Å². The fourth-order valence-corrected chi connectivity index (χ4v) is 26.3. The zero-order chi connectivity index (χ0) is 92.6. The number of urea groups is 1. The number of aliphatic imine (C=N–C) groups is 2. The van der Waals surface area contributed by atoms with E-state index < -0.39 is 33.6 Å². The SMILES string of the molecule is CI.COC1CCC2(CC1)Cc1cc(F)c(I)cc1C21N=C(N)N(C)C1=O.COC1CCC2(CC1)Cc1cc(F)c(I)cc1C21N=C(SC)N(C)C1=O.COC1CCC2(CC1)Cc1cc(F)c(I)cc1C21NC(=O)NC1=O.COC1CCC2(CC1)Cc1cc(F)c(I)cc1C21NC(=S)NC1=O.COC1CCC2(CC1)Cc1cc(F)c(I)cc1C2=O.NC=O.O=CO[O-].[H-].[K+].[K+]. The van der Waals surface area contributed by atoms with Crippen molar-refractivity contribution in [2.24, 2.45) is 48.5 Å². The van der Waals surface area contributed by atoms with Crippen molar-refractivity contribution >= 4 is 224 Å². The maximum Gasteiger partial charge on any atom is 1.00 e. The Labute approximate surface area is 925 Å². The molecule has 8 N–H and O–H groups in total. The zero-order valence-electron chi connectivity index (χ0n) is 74.5. The van der Waals surface area contributed by atoms with Gasteiger partial charge in [-0.25, -0.2) is 36.7 Å². The summed E-state index contributed by atoms with van der Waals surface area (Å²) in [7, 11) is 12.1. The first-order valence-corrected chi connectivity index (χ1v) is 50.8. The topological polar surface area (TPSA) is 346 Å². The number of halogens is 11. The molecule has 19 rings (SSSR count). The molecule has 690 valence electrons. The average Bonchev–Trinajstić information content (AvgIpc) is 1.52. The molecule has 10 aliphatic carbocycles. The van der Waals surface area contributed by atoms with Crippen LogP contribution in [0.25, 0.3) is 0 Å². The summed E-state index contributed by atoms with van der Waals surface area (Å²) in [5, 5.41) is 20.9. The van der Waals surface area contributed by atoms with Crippen LogP contribution >= 0.6 is 160 Å². The number of ketones is 1. The second-order valence-electron chi connectivity index (χ2n) is 34.8. The molecule has 7 fully saturated rings. The summed E-state index contributed by atoms with van der Waals surface area (Å²) in [6.07, 6.45) is 23.8. The van der Waals surface area contributed by atoms with Gasteiger partial charge in [0.2, 0.25) is 6.41 Å². The third kappa shape index (κ3) is 19.8. The van der Waals surface area contributed by atoms with Gasteiger partial charge in [-0.15, -0.1) is 0 Å². The van der Waals surface area contributed by atoms with Crippen LogP contribution in [0.15, 0.2) is 70.6 Å². The molecule has 0 aromatic heterocycles. The van der Waals surface area contributed by atoms with Crippen molar-refractivity contribution in [3.63, 3.8) is 0 Å². The Morgan fingerprint density at radius 2 is 0.783 bits per heavy atom. The minimum absolute atomic E-state index is 0. The van der Waals surface area contributed by atoms with E-state index in [1.165, 1.54) is 22.7 Å². The number of amides is 7. The van der Waals surface area contributed by atoms with E-state index in [2.05, 4.69) is 54.5 Å². The maximum atomic E-state index is 14.3. The van der Waals surface area contributed by atoms with Crippen molar-refractivity contribution in [1.82, 2.24) is 31.1 Å². The zero-order valence-corrected chi connectivity index (χ0v) is 94.4. The smallest absolute Gasteiger partial charge is 1.00 e. The van der Waals surface area contributed by atoms with Gasteiger partial charge in [-0.05, 0) is 408 Å². The summed E-state index contributed by atoms with van der Waals surface area (Å²) < 4.78 is 100. The first-order valence-electron chi connectivity index (χ1n) is 41.6. The number of benzene rings is 5. The fourth-order valence-electron chi connectivity index (χ4n) is 23.1. The van der Waals surface area contributed by atoms with Crippen molar-refractivity contribution in [3.05, 3.63) is 163 Å². The molecular weight excluding hydrogens is 2450 g/mol. The number of likely N-dealkylation sites (N-methyl/N-ethyl adjacent to an activating group) is 2. The van der Waals surface area contributed by atoms with Gasteiger partial charge in [0, 0.05) is 100 Å². The van der Waals surface area contributed by atoms with Crippen LogP contribution in [0.3, 0.4) is 0 Å². The number of carbonyl (C=O) groups is 8. The van der Waals surface area contributed by atoms with Gasteiger partial charge in [0.1, 0.15) is 29.1 Å². The molecule has 0 bridgehead atoms. The van der Waals surface area contributed by atoms with E-state index in [1.807, 2.05) is 136 Å². The van der Waals surface area contributed by atoms with Gasteiger partial charge in [-0.2, -0.15) is 0 Å². The number of nitrogens with two attached hydrogens (primary N) is 2. The minimum atomic E-state index is -1.09. The van der Waals surface area contributed by atoms with Gasteiger partial charge < -0.3 is 62.7 Å². The summed E-state index contributed by atoms with van der Waals surface area (Å²) in [6.45, 7) is -0.181. The summed E-state index contributed by atoms with van der Waals surface area (Å²) >= 11 is 18.7. The molecule has 40 heteroatoms. The first-order chi connectivity index (χ1) is 60.4. The van der Waals surface area contributed by atoms with E-state index in [0.29, 0.717) is 55.1 Å². The molecular formula is C89H103F5I6K2N10O15S2. The van der Waals surface area contributed by atoms with Crippen molar-refractivity contribution in [2.75, 3.05) is 60.8 Å². The van der Waals surface area contributed by atoms with Crippen LogP contribution in [0, 0.1) is 74.0 Å². The predicted octanol–water partition coefficient (Wildman–Crippen LogP) is 8.30. The van der Waals surface area contributed by atoms with E-state index in [-0.39, 0.29) is 234 Å². The van der Waals surface area contributed by atoms with Crippen LogP contribution in [-0.2, 0) is 112 Å². The summed E-state index contributed by atoms with van der Waals surface area (Å²) in [5.41, 5.74) is 13.2. The van der Waals surface area contributed by atoms with Crippen LogP contribution in [0.5, 0.6) is 0 Å². The summed E-state index contributed by atoms with van der Waals surface area (Å²) in [6, 6.07) is 16.3. The van der Waals surface area contributed by atoms with Crippen LogP contribution in [-0.4, -0.2) is 166 Å². The number of hydrogen-bond donors (Lipinski definition) is 6. The fraction of sp³-hybridized carbons (Fsp3) is 0.539. The van der Waals surface area contributed by atoms with Gasteiger partial charge in [-0.1, -0.05) is 34.4 Å². The molecule has 4 unspecified atom stereocenters. The van der Waals surface area contributed by atoms with Gasteiger partial charge in [-0.3, -0.25) is 48.7 Å². The second-order valence-corrected chi connectivity index (χ2v) is 41.8. The second kappa shape index (κ2) is 45.0. The Balaban J connectivity index is 0.000000178. The van der Waals surface area contributed by atoms with Crippen LogP contribution in [0.2, 0.25) is 0 Å². The number of Topliss-reactive ketones (excluding diaryl/α,β-unsaturated/α-hetero) is 1. The molecule has 14 aliphatic rings. The number of alkyl halides is 1. The number of nitrogens with one attached hydrogen (secondary N) is 4. The molecule has 25 nitrogen and oxygen atoms in total. The number of thiocarbonyl (C=S) groups is 1. The molecule has 4 heterocycles. The number of primary amides is 1. The largest absolute Gasteiger partial charge is 1.00 e. The molecule has 0 radical (unpaired) electrons. The number of amidine groups is 1. The molecule has 5 aromatic carbocycles. The Hall–Kier alpha value is -1.50. The van der Waals surface area contributed by atoms with Crippen molar-refractivity contribution < 1.29 is 198 Å². The minimum Gasteiger partial charge on any atom is -1.00 e. The molecule has 5 saturated carbocycles. The van der Waals surface area contributed by atoms with Crippen molar-refractivity contribution in [2.45, 2.75) is 213 Å². The van der Waals surface area contributed by atoms with Crippen LogP contribution in [0.4, 0.5) is 26.7 Å². The van der Waals surface area contributed by atoms with Gasteiger partial charge >= 0.3 is 109 Å². The van der Waals surface area contributed by atoms with E-state index in [0.717, 1.165) is 189 Å². The van der Waals surface area contributed by atoms with Gasteiger partial charge in [0.15, 0.2) is 44.2 Å². The molecule has 4 atom stereocenters. The predicted molar refractivity (Wildman–Crippen MR) is 521 cm³/mol. The van der Waals surface area contributed by atoms with E-state index in [9.17, 15) is 50.7 Å². The standard InChI is InChI=1S/C19H22FIN2O2S.C18H21FIN3O2.C17H18FIN2O3.C17H18FIN2O2S.C15H16FIO2.CH3I.CH3NO.CH2O3.2K.H/c1-23-16(24)19(22-17(23)26-3)13-9-15(21)14(20)8-11(13)10-18(19)6-4-12(25-2)5-7-18;1-23-15(24)18(22-16(23)21)12-8-14(20)13(19)7-10(12)9-17(18)5-3-11(25-2)4-6-17;1-24-10-2-4-16(5-3-10)8-9-6-12(18)13(19)7-11(9)17(16)14(22)20-15(23)21-17;1-23-10-2-4-16(5-3-10)8-9-6-12(18)13(19)7-11(9)17(16)14(22)20-15(24)21-17;1-19-10-2-4-15(5-3-10)8-9-6-12(16)13(17)7-11(9)14(15)18;1-2;2-1-3;2-1-4-3;;;/h8-9,12H,4-7,10H2,1-3H3;7-8,11H,3-6,9H2,1-2H3,(H2,21,22);6-7,10H,2-5,8H2,1H3,(H2,20,21,22,23);6-7,10H,2-5,8H2,1H3,(H2,20,21,22,24);6-7,10H,2-5,8H2,1H3;1H3;1H,(H2,2,3);1,3H;;;/q;;;;;;;;2*+1;-1/p-1. The number of nitrogens with zero attached hydrogens (tertiary/aromatic N) is 4. The number of thioether (sulfide) groups is 1. The monoisotopic (exact) mass is 2550 g/mol. The normalized spacial score (nSPS) is 30.9. The van der Waals surface area contributed by atoms with E-state index in [1.54, 1.807) is 97.0 Å². The number of carbonyl (C=O) groups excluding carboxylic acids is 8. The Morgan fingerprint density at radius 3 is 1.09 bits per heavy atom. The molecule has 129 heavy (non-hydrogen) atoms. The average molecular weight is 2550 g/mol. The number of guanidine groups is 1. The van der Waals surface area contributed by atoms with Crippen molar-refractivity contribution in [1.29, 1.82) is 0 Å². The number of ether oxygens (including phenoxy) is 5. The number of methoxy groups -OCH3 is 5. The van der Waals surface area contributed by atoms with Gasteiger partial charge in [0.05, 0.1) is 30.5 Å². The quantitative estimate of drug-likeness (QED) is 0.0107. The molecule has 7 amide bonds. The molecule has 4 aliphatic heterocycles. The number of rotatable bonds is 6. The number of hydrogen-bond acceptors (Lipinski definition) is 20. The van der Waals surface area contributed by atoms with E-state index >= 15 is 0 Å². The van der Waals surface area contributed by atoms with Crippen LogP contribution < -0.4 is 141 Å². The third-order valence-corrected chi connectivity index (χ3v) is 34.4. The molecule has 2 saturated heterocycles. The number of imide groups is 1. The summed E-state index contributed by atoms with van der Waals surface area (Å²) in [4.78, 5) is 112. The van der Waals surface area contributed by atoms with Gasteiger partial charge in [0.25, 0.3) is 30.1 Å². The third-order valence-electron chi connectivity index (χ3n) is 29.3. The number of fused-ring (bicyclic) bond motifs is 13. The van der Waals surface area contributed by atoms with Crippen molar-refractivity contribution in [3.8, 4) is 0 Å². The molecule has 5 aromatic rings. The maximum absolute atomic E-state index is 14.3.